The molecule has 0 radical (unpaired) electrons. The van der Waals surface area contributed by atoms with Crippen molar-refractivity contribution in [3.05, 3.63) is 48.6 Å². The van der Waals surface area contributed by atoms with Gasteiger partial charge in [0, 0.05) is 12.8 Å². The zero-order valence-electron chi connectivity index (χ0n) is 50.4. The second-order valence-electron chi connectivity index (χ2n) is 22.8. The average molecular weight is 1100 g/mol. The maximum Gasteiger partial charge on any atom is 0.305 e. The molecule has 1 saturated heterocycles. The van der Waals surface area contributed by atoms with Crippen LogP contribution in [0.3, 0.4) is 0 Å². The molecule has 6 N–H and O–H groups in total. The van der Waals surface area contributed by atoms with E-state index in [1.54, 1.807) is 6.08 Å². The third-order valence-corrected chi connectivity index (χ3v) is 15.4. The van der Waals surface area contributed by atoms with Gasteiger partial charge >= 0.3 is 5.97 Å². The zero-order valence-corrected chi connectivity index (χ0v) is 50.4. The molecule has 11 heteroatoms. The standard InChI is InChI=1S/C67H123NO10/c1-3-5-7-9-11-13-14-35-39-43-47-51-55-63(72)76-56-52-48-44-40-36-33-31-29-27-25-23-21-19-17-15-16-18-20-22-24-26-28-30-32-34-38-42-46-50-54-62(71)68-59(60(70)53-49-45-41-37-12-10-8-6-4-2)58-77-67-66(75)65(74)64(73)61(57-69)78-67/h12,15,17,21,23,37,49,53,59-61,64-67,69-70,73-75H,3-11,13-14,16,18-20,22,24-36,38-48,50-52,54-58H2,1-2H3,(H,68,71)/b17-15-,23-21-,37-12+,53-49+. The quantitative estimate of drug-likeness (QED) is 0.0195. The van der Waals surface area contributed by atoms with Crippen LogP contribution in [0.2, 0.25) is 0 Å². The first-order valence-electron chi connectivity index (χ1n) is 32.9. The van der Waals surface area contributed by atoms with Crippen LogP contribution < -0.4 is 5.32 Å². The van der Waals surface area contributed by atoms with Gasteiger partial charge in [-0.25, -0.2) is 0 Å². The molecule has 1 amide bonds. The monoisotopic (exact) mass is 1100 g/mol. The lowest BCUT2D eigenvalue weighted by atomic mass is 9.99. The van der Waals surface area contributed by atoms with Crippen molar-refractivity contribution in [1.29, 1.82) is 0 Å². The minimum atomic E-state index is -1.58. The van der Waals surface area contributed by atoms with Crippen molar-refractivity contribution in [2.24, 2.45) is 0 Å². The summed E-state index contributed by atoms with van der Waals surface area (Å²) in [6.45, 7) is 4.28. The van der Waals surface area contributed by atoms with Crippen LogP contribution in [0.1, 0.15) is 303 Å². The number of aliphatic hydroxyl groups is 5. The molecular formula is C67H123NO10. The Balaban J connectivity index is 1.97. The summed E-state index contributed by atoms with van der Waals surface area (Å²) in [4.78, 5) is 25.0. The van der Waals surface area contributed by atoms with E-state index >= 15 is 0 Å². The molecule has 1 rings (SSSR count). The molecule has 1 fully saturated rings. The highest BCUT2D eigenvalue weighted by Gasteiger charge is 2.44. The summed E-state index contributed by atoms with van der Waals surface area (Å²) >= 11 is 0. The smallest absolute Gasteiger partial charge is 0.305 e. The molecule has 0 saturated carbocycles. The van der Waals surface area contributed by atoms with E-state index in [1.165, 1.54) is 212 Å². The second kappa shape index (κ2) is 56.5. The first-order valence-corrected chi connectivity index (χ1v) is 32.9. The zero-order chi connectivity index (χ0) is 56.6. The van der Waals surface area contributed by atoms with Gasteiger partial charge in [0.2, 0.25) is 5.91 Å². The van der Waals surface area contributed by atoms with Crippen LogP contribution in [0.4, 0.5) is 0 Å². The lowest BCUT2D eigenvalue weighted by Gasteiger charge is -2.40. The Morgan fingerprint density at radius 1 is 0.474 bits per heavy atom. The van der Waals surface area contributed by atoms with Crippen molar-refractivity contribution in [3.63, 3.8) is 0 Å². The van der Waals surface area contributed by atoms with Crippen molar-refractivity contribution >= 4 is 11.9 Å². The molecule has 7 atom stereocenters. The highest BCUT2D eigenvalue weighted by atomic mass is 16.7. The molecule has 7 unspecified atom stereocenters. The van der Waals surface area contributed by atoms with E-state index in [9.17, 15) is 35.1 Å². The molecule has 0 bridgehead atoms. The number of rotatable bonds is 57. The molecule has 1 aliphatic rings. The summed E-state index contributed by atoms with van der Waals surface area (Å²) < 4.78 is 16.7. The fourth-order valence-electron chi connectivity index (χ4n) is 10.2. The van der Waals surface area contributed by atoms with E-state index in [2.05, 4.69) is 55.6 Å². The summed E-state index contributed by atoms with van der Waals surface area (Å²) in [5, 5.41) is 54.2. The van der Waals surface area contributed by atoms with Crippen LogP contribution in [-0.4, -0.2) is 100 Å². The Hall–Kier alpha value is -2.38. The molecule has 0 aromatic rings. The van der Waals surface area contributed by atoms with Gasteiger partial charge in [0.15, 0.2) is 6.29 Å². The number of allylic oxidation sites excluding steroid dienone is 7. The van der Waals surface area contributed by atoms with Gasteiger partial charge in [0.25, 0.3) is 0 Å². The van der Waals surface area contributed by atoms with Crippen LogP contribution >= 0.6 is 0 Å². The van der Waals surface area contributed by atoms with Crippen molar-refractivity contribution in [2.75, 3.05) is 19.8 Å². The number of amides is 1. The largest absolute Gasteiger partial charge is 0.466 e. The Morgan fingerprint density at radius 2 is 0.872 bits per heavy atom. The summed E-state index contributed by atoms with van der Waals surface area (Å²) in [6.07, 6.45) is 62.5. The van der Waals surface area contributed by atoms with Gasteiger partial charge in [-0.1, -0.05) is 262 Å². The Labute approximate surface area is 478 Å². The summed E-state index contributed by atoms with van der Waals surface area (Å²) in [5.74, 6) is -0.192. The van der Waals surface area contributed by atoms with Gasteiger partial charge in [0.1, 0.15) is 24.4 Å². The van der Waals surface area contributed by atoms with Gasteiger partial charge in [-0.05, 0) is 77.0 Å². The number of esters is 1. The summed E-state index contributed by atoms with van der Waals surface area (Å²) in [6, 6.07) is -0.827. The predicted octanol–water partition coefficient (Wildman–Crippen LogP) is 16.0. The summed E-state index contributed by atoms with van der Waals surface area (Å²) in [7, 11) is 0. The molecule has 0 aromatic carbocycles. The first-order chi connectivity index (χ1) is 38.2. The van der Waals surface area contributed by atoms with E-state index in [0.717, 1.165) is 64.2 Å². The molecular weight excluding hydrogens is 979 g/mol. The minimum absolute atomic E-state index is 0.00344. The van der Waals surface area contributed by atoms with Gasteiger partial charge in [0.05, 0.1) is 32.0 Å². The van der Waals surface area contributed by atoms with Crippen molar-refractivity contribution in [1.82, 2.24) is 5.32 Å². The van der Waals surface area contributed by atoms with Crippen LogP contribution in [0.5, 0.6) is 0 Å². The van der Waals surface area contributed by atoms with Gasteiger partial charge in [-0.2, -0.15) is 0 Å². The Kier molecular flexibility index (Phi) is 53.3. The summed E-state index contributed by atoms with van der Waals surface area (Å²) in [5.41, 5.74) is 0. The highest BCUT2D eigenvalue weighted by Crippen LogP contribution is 2.23. The van der Waals surface area contributed by atoms with Gasteiger partial charge in [-0.15, -0.1) is 0 Å². The van der Waals surface area contributed by atoms with Crippen LogP contribution in [0.25, 0.3) is 0 Å². The fraction of sp³-hybridized carbons (Fsp3) is 0.851. The highest BCUT2D eigenvalue weighted by molar-refractivity contribution is 5.76. The van der Waals surface area contributed by atoms with Crippen LogP contribution in [-0.2, 0) is 23.8 Å². The second-order valence-corrected chi connectivity index (χ2v) is 22.8. The third kappa shape index (κ3) is 45.3. The Bertz CT molecular complexity index is 1430. The third-order valence-electron chi connectivity index (χ3n) is 15.4. The molecule has 11 nitrogen and oxygen atoms in total. The fourth-order valence-corrected chi connectivity index (χ4v) is 10.2. The lowest BCUT2D eigenvalue weighted by Crippen LogP contribution is -2.60. The molecule has 78 heavy (non-hydrogen) atoms. The molecule has 0 aliphatic carbocycles. The number of aliphatic hydroxyl groups excluding tert-OH is 5. The first kappa shape index (κ1) is 73.6. The minimum Gasteiger partial charge on any atom is -0.466 e. The molecule has 1 aliphatic heterocycles. The Morgan fingerprint density at radius 3 is 1.37 bits per heavy atom. The van der Waals surface area contributed by atoms with Crippen LogP contribution in [0.15, 0.2) is 48.6 Å². The lowest BCUT2D eigenvalue weighted by molar-refractivity contribution is -0.302. The van der Waals surface area contributed by atoms with E-state index in [-0.39, 0.29) is 18.5 Å². The SMILES string of the molecule is CCCCC/C=C/CC/C=C/C(O)C(COC1OC(CO)C(O)C(O)C1O)NC(=O)CCCCCCCCCCCCCCC/C=C\C/C=C\CCCCCCCCCCCOC(=O)CCCCCCCCCCCCCC. The number of unbranched alkanes of at least 4 members (excludes halogenated alkanes) is 37. The maximum atomic E-state index is 13.0. The van der Waals surface area contributed by atoms with Crippen molar-refractivity contribution in [2.45, 2.75) is 346 Å². The number of carbonyl (C=O) groups excluding carboxylic acids is 2. The molecule has 0 aromatic heterocycles. The van der Waals surface area contributed by atoms with E-state index in [1.807, 2.05) is 6.08 Å². The number of hydrogen-bond donors (Lipinski definition) is 6. The maximum absolute atomic E-state index is 13.0. The molecule has 456 valence electrons. The molecule has 1 heterocycles. The number of nitrogens with one attached hydrogen (secondary N) is 1. The number of carbonyl (C=O) groups is 2. The van der Waals surface area contributed by atoms with E-state index in [4.69, 9.17) is 14.2 Å². The normalized spacial score (nSPS) is 18.8. The van der Waals surface area contributed by atoms with E-state index < -0.39 is 49.5 Å². The average Bonchev–Trinajstić information content (AvgIpc) is 3.45. The predicted molar refractivity (Wildman–Crippen MR) is 324 cm³/mol. The van der Waals surface area contributed by atoms with E-state index in [0.29, 0.717) is 19.4 Å². The number of hydrogen-bond acceptors (Lipinski definition) is 10. The van der Waals surface area contributed by atoms with Crippen LogP contribution in [0, 0.1) is 0 Å². The topological polar surface area (TPSA) is 175 Å². The van der Waals surface area contributed by atoms with Gasteiger partial charge < -0.3 is 45.1 Å². The molecule has 0 spiro atoms. The van der Waals surface area contributed by atoms with Crippen molar-refractivity contribution < 1.29 is 49.3 Å². The van der Waals surface area contributed by atoms with Gasteiger partial charge in [-0.3, -0.25) is 9.59 Å². The van der Waals surface area contributed by atoms with Crippen molar-refractivity contribution in [3.8, 4) is 0 Å². The number of ether oxygens (including phenoxy) is 3.